The third-order valence-corrected chi connectivity index (χ3v) is 5.59. The van der Waals surface area contributed by atoms with Crippen LogP contribution < -0.4 is 4.90 Å². The Kier molecular flexibility index (Phi) is 2.44. The molecule has 0 saturated carbocycles. The number of fused-ring (bicyclic) bond motifs is 9. The molecule has 0 spiro atoms. The molecule has 0 unspecified atom stereocenters. The van der Waals surface area contributed by atoms with Crippen LogP contribution in [0, 0.1) is 0 Å². The van der Waals surface area contributed by atoms with Gasteiger partial charge in [-0.3, -0.25) is 4.79 Å². The predicted octanol–water partition coefficient (Wildman–Crippen LogP) is 2.68. The average molecular weight is 307 g/mol. The number of methoxy groups -OCH3 is 1. The SMILES string of the molecule is CO[C@@]12O[C@@H](C(=O)c3ccccc31)[C@@H]1[C@H]2c2ccccc2N1C. The number of para-hydroxylation sites is 1. The van der Waals surface area contributed by atoms with Crippen LogP contribution in [0.3, 0.4) is 0 Å². The highest BCUT2D eigenvalue weighted by molar-refractivity contribution is 6.04. The summed E-state index contributed by atoms with van der Waals surface area (Å²) in [5.74, 6) is -0.840. The topological polar surface area (TPSA) is 38.8 Å². The third-order valence-electron chi connectivity index (χ3n) is 5.59. The summed E-state index contributed by atoms with van der Waals surface area (Å²) in [4.78, 5) is 15.1. The lowest BCUT2D eigenvalue weighted by Crippen LogP contribution is -2.43. The molecule has 2 bridgehead atoms. The van der Waals surface area contributed by atoms with E-state index in [1.807, 2.05) is 43.4 Å². The summed E-state index contributed by atoms with van der Waals surface area (Å²) in [6, 6.07) is 15.9. The third kappa shape index (κ3) is 1.37. The van der Waals surface area contributed by atoms with Gasteiger partial charge in [0, 0.05) is 31.0 Å². The molecule has 23 heavy (non-hydrogen) atoms. The van der Waals surface area contributed by atoms with E-state index in [1.165, 1.54) is 5.56 Å². The summed E-state index contributed by atoms with van der Waals surface area (Å²) in [5.41, 5.74) is 3.92. The molecule has 4 nitrogen and oxygen atoms in total. The van der Waals surface area contributed by atoms with Crippen LogP contribution in [0.15, 0.2) is 48.5 Å². The van der Waals surface area contributed by atoms with E-state index in [9.17, 15) is 4.79 Å². The molecule has 116 valence electrons. The van der Waals surface area contributed by atoms with E-state index in [0.717, 1.165) is 16.8 Å². The van der Waals surface area contributed by atoms with Crippen LogP contribution in [-0.4, -0.2) is 32.1 Å². The van der Waals surface area contributed by atoms with Crippen molar-refractivity contribution in [2.24, 2.45) is 0 Å². The minimum atomic E-state index is -0.888. The van der Waals surface area contributed by atoms with Crippen molar-refractivity contribution in [1.29, 1.82) is 0 Å². The van der Waals surface area contributed by atoms with E-state index in [1.54, 1.807) is 7.11 Å². The highest BCUT2D eigenvalue weighted by atomic mass is 16.7. The van der Waals surface area contributed by atoms with Gasteiger partial charge in [-0.15, -0.1) is 0 Å². The quantitative estimate of drug-likeness (QED) is 0.812. The second-order valence-corrected chi connectivity index (χ2v) is 6.46. The minimum absolute atomic E-state index is 0.00806. The summed E-state index contributed by atoms with van der Waals surface area (Å²) in [6.45, 7) is 0. The molecule has 1 saturated heterocycles. The number of rotatable bonds is 1. The normalized spacial score (nSPS) is 33.4. The molecular formula is C19H17NO3. The zero-order valence-corrected chi connectivity index (χ0v) is 13.0. The first-order valence-corrected chi connectivity index (χ1v) is 7.87. The van der Waals surface area contributed by atoms with E-state index in [4.69, 9.17) is 9.47 Å². The van der Waals surface area contributed by atoms with E-state index in [-0.39, 0.29) is 17.7 Å². The summed E-state index contributed by atoms with van der Waals surface area (Å²) >= 11 is 0. The Bertz CT molecular complexity index is 833. The van der Waals surface area contributed by atoms with Crippen LogP contribution in [0.25, 0.3) is 0 Å². The molecule has 0 N–H and O–H groups in total. The second kappa shape index (κ2) is 4.22. The Morgan fingerprint density at radius 1 is 1.13 bits per heavy atom. The van der Waals surface area contributed by atoms with Gasteiger partial charge in [0.15, 0.2) is 5.78 Å². The average Bonchev–Trinajstić information content (AvgIpc) is 3.07. The van der Waals surface area contributed by atoms with Crippen molar-refractivity contribution in [3.63, 3.8) is 0 Å². The first-order chi connectivity index (χ1) is 11.2. The Balaban J connectivity index is 1.83. The molecule has 0 aliphatic carbocycles. The second-order valence-electron chi connectivity index (χ2n) is 6.46. The Hall–Kier alpha value is -2.17. The van der Waals surface area contributed by atoms with Gasteiger partial charge in [-0.2, -0.15) is 0 Å². The van der Waals surface area contributed by atoms with Gasteiger partial charge in [0.1, 0.15) is 6.10 Å². The molecule has 3 heterocycles. The molecule has 0 amide bonds. The molecule has 0 radical (unpaired) electrons. The minimum Gasteiger partial charge on any atom is -0.367 e. The van der Waals surface area contributed by atoms with Gasteiger partial charge >= 0.3 is 0 Å². The maximum Gasteiger partial charge on any atom is 0.205 e. The number of ketones is 1. The largest absolute Gasteiger partial charge is 0.367 e. The van der Waals surface area contributed by atoms with Gasteiger partial charge < -0.3 is 14.4 Å². The van der Waals surface area contributed by atoms with Crippen molar-refractivity contribution in [1.82, 2.24) is 0 Å². The molecule has 3 aliphatic rings. The molecule has 4 heteroatoms. The van der Waals surface area contributed by atoms with E-state index >= 15 is 0 Å². The number of anilines is 1. The van der Waals surface area contributed by atoms with Gasteiger partial charge in [0.05, 0.1) is 12.0 Å². The molecule has 0 aromatic heterocycles. The maximum atomic E-state index is 13.0. The number of Topliss-reactive ketones (excluding diaryl/α,β-unsaturated/α-hetero) is 1. The van der Waals surface area contributed by atoms with Crippen LogP contribution >= 0.6 is 0 Å². The number of hydrogen-bond donors (Lipinski definition) is 0. The summed E-state index contributed by atoms with van der Waals surface area (Å²) in [5, 5.41) is 0. The highest BCUT2D eigenvalue weighted by Crippen LogP contribution is 2.60. The van der Waals surface area contributed by atoms with Crippen molar-refractivity contribution >= 4 is 11.5 Å². The van der Waals surface area contributed by atoms with Crippen molar-refractivity contribution in [3.05, 3.63) is 65.2 Å². The van der Waals surface area contributed by atoms with Crippen LogP contribution in [0.1, 0.15) is 27.4 Å². The van der Waals surface area contributed by atoms with E-state index in [2.05, 4.69) is 17.0 Å². The molecule has 2 aromatic carbocycles. The lowest BCUT2D eigenvalue weighted by atomic mass is 9.85. The van der Waals surface area contributed by atoms with Crippen molar-refractivity contribution < 1.29 is 14.3 Å². The number of nitrogens with zero attached hydrogens (tertiary/aromatic N) is 1. The molecule has 1 fully saturated rings. The van der Waals surface area contributed by atoms with Gasteiger partial charge in [-0.25, -0.2) is 0 Å². The summed E-state index contributed by atoms with van der Waals surface area (Å²) < 4.78 is 12.2. The lowest BCUT2D eigenvalue weighted by Gasteiger charge is -2.36. The first-order valence-electron chi connectivity index (χ1n) is 7.87. The van der Waals surface area contributed by atoms with Gasteiger partial charge in [-0.1, -0.05) is 42.5 Å². The zero-order valence-electron chi connectivity index (χ0n) is 13.0. The molecule has 2 aromatic rings. The number of hydrogen-bond acceptors (Lipinski definition) is 4. The Morgan fingerprint density at radius 3 is 2.70 bits per heavy atom. The smallest absolute Gasteiger partial charge is 0.205 e. The van der Waals surface area contributed by atoms with Crippen LogP contribution in [0.4, 0.5) is 5.69 Å². The van der Waals surface area contributed by atoms with E-state index < -0.39 is 11.9 Å². The fourth-order valence-electron chi connectivity index (χ4n) is 4.66. The summed E-state index contributed by atoms with van der Waals surface area (Å²) in [6.07, 6.45) is -0.493. The monoisotopic (exact) mass is 307 g/mol. The predicted molar refractivity (Wildman–Crippen MR) is 85.7 cm³/mol. The Labute approximate surface area is 134 Å². The first kappa shape index (κ1) is 13.3. The highest BCUT2D eigenvalue weighted by Gasteiger charge is 2.67. The van der Waals surface area contributed by atoms with Crippen molar-refractivity contribution in [3.8, 4) is 0 Å². The number of benzene rings is 2. The van der Waals surface area contributed by atoms with Crippen molar-refractivity contribution in [2.45, 2.75) is 23.9 Å². The Morgan fingerprint density at radius 2 is 1.87 bits per heavy atom. The fourth-order valence-corrected chi connectivity index (χ4v) is 4.66. The van der Waals surface area contributed by atoms with Gasteiger partial charge in [0.2, 0.25) is 5.79 Å². The van der Waals surface area contributed by atoms with Crippen LogP contribution in [0.2, 0.25) is 0 Å². The van der Waals surface area contributed by atoms with Crippen molar-refractivity contribution in [2.75, 3.05) is 19.1 Å². The summed E-state index contributed by atoms with van der Waals surface area (Å²) in [7, 11) is 3.71. The number of carbonyl (C=O) groups is 1. The number of ether oxygens (including phenoxy) is 2. The molecule has 4 atom stereocenters. The number of likely N-dealkylation sites (N-methyl/N-ethyl adjacent to an activating group) is 1. The molecule has 3 aliphatic heterocycles. The maximum absolute atomic E-state index is 13.0. The van der Waals surface area contributed by atoms with Gasteiger partial charge in [-0.05, 0) is 11.6 Å². The molecular weight excluding hydrogens is 290 g/mol. The zero-order chi connectivity index (χ0) is 15.8. The van der Waals surface area contributed by atoms with Crippen LogP contribution in [-0.2, 0) is 15.3 Å². The number of carbonyl (C=O) groups excluding carboxylic acids is 1. The fraction of sp³-hybridized carbons (Fsp3) is 0.316. The van der Waals surface area contributed by atoms with Crippen LogP contribution in [0.5, 0.6) is 0 Å². The lowest BCUT2D eigenvalue weighted by molar-refractivity contribution is -0.225. The van der Waals surface area contributed by atoms with E-state index in [0.29, 0.717) is 0 Å². The molecule has 5 rings (SSSR count). The van der Waals surface area contributed by atoms with Gasteiger partial charge in [0.25, 0.3) is 0 Å². The standard InChI is InChI=1S/C19H17NO3/c1-20-14-10-6-4-8-12(14)15-16(20)18-17(21)11-7-3-5-9-13(11)19(15,22-2)23-18/h3-10,15-16,18H,1-2H3/t15-,16+,18-,19-/m1/s1.